The molecule has 0 aromatic heterocycles. The lowest BCUT2D eigenvalue weighted by atomic mass is 9.84. The smallest absolute Gasteiger partial charge is 0.407 e. The Kier molecular flexibility index (Phi) is 5.57. The topological polar surface area (TPSA) is 87.8 Å². The van der Waals surface area contributed by atoms with E-state index in [0.717, 1.165) is 31.5 Å². The molecule has 1 aromatic carbocycles. The minimum absolute atomic E-state index is 0.384. The molecule has 2 bridgehead atoms. The summed E-state index contributed by atoms with van der Waals surface area (Å²) in [6, 6.07) is 9.60. The molecule has 2 fully saturated rings. The first-order valence-corrected chi connectivity index (χ1v) is 8.91. The molecule has 2 saturated heterocycles. The van der Waals surface area contributed by atoms with E-state index < -0.39 is 6.09 Å². The van der Waals surface area contributed by atoms with Gasteiger partial charge in [-0.05, 0) is 48.8 Å². The number of fused-ring (bicyclic) bond motifs is 2. The Balaban J connectivity index is 1.45. The summed E-state index contributed by atoms with van der Waals surface area (Å²) in [5, 5.41) is 28.4. The summed E-state index contributed by atoms with van der Waals surface area (Å²) >= 11 is 0. The second kappa shape index (κ2) is 7.85. The molecule has 134 valence electrons. The molecule has 2 aliphatic heterocycles. The second-order valence-electron chi connectivity index (χ2n) is 7.38. The van der Waals surface area contributed by atoms with E-state index in [1.807, 2.05) is 24.3 Å². The Hall–Kier alpha value is -2.10. The predicted octanol–water partition coefficient (Wildman–Crippen LogP) is 1.78. The molecule has 3 unspecified atom stereocenters. The van der Waals surface area contributed by atoms with Crippen molar-refractivity contribution in [1.29, 1.82) is 5.26 Å². The van der Waals surface area contributed by atoms with Crippen molar-refractivity contribution in [1.82, 2.24) is 9.80 Å². The zero-order valence-corrected chi connectivity index (χ0v) is 14.3. The largest absolute Gasteiger partial charge is 0.465 e. The lowest BCUT2D eigenvalue weighted by molar-refractivity contribution is 0.0115. The van der Waals surface area contributed by atoms with Crippen molar-refractivity contribution in [2.45, 2.75) is 25.4 Å². The Morgan fingerprint density at radius 2 is 1.84 bits per heavy atom. The van der Waals surface area contributed by atoms with Crippen LogP contribution in [0.25, 0.3) is 0 Å². The first kappa shape index (κ1) is 17.7. The summed E-state index contributed by atoms with van der Waals surface area (Å²) in [7, 11) is 0. The highest BCUT2D eigenvalue weighted by atomic mass is 16.4. The highest BCUT2D eigenvalue weighted by Crippen LogP contribution is 2.28. The molecule has 6 nitrogen and oxygen atoms in total. The van der Waals surface area contributed by atoms with E-state index in [0.29, 0.717) is 43.5 Å². The fraction of sp³-hybridized carbons (Fsp3) is 0.579. The van der Waals surface area contributed by atoms with Crippen LogP contribution in [-0.2, 0) is 6.42 Å². The number of piperidine rings is 2. The van der Waals surface area contributed by atoms with Crippen LogP contribution >= 0.6 is 0 Å². The number of hydrogen-bond donors (Lipinski definition) is 2. The van der Waals surface area contributed by atoms with E-state index in [1.54, 1.807) is 0 Å². The summed E-state index contributed by atoms with van der Waals surface area (Å²) in [5.41, 5.74) is 1.78. The molecule has 2 heterocycles. The Labute approximate surface area is 148 Å². The summed E-state index contributed by atoms with van der Waals surface area (Å²) < 4.78 is 0. The minimum atomic E-state index is -0.814. The SMILES string of the molecule is N#Cc1ccc(CCC(O)CN2CC3CC(C2)CN(C(=O)O)C3)cc1. The number of amides is 1. The van der Waals surface area contributed by atoms with E-state index >= 15 is 0 Å². The van der Waals surface area contributed by atoms with Gasteiger partial charge >= 0.3 is 6.09 Å². The van der Waals surface area contributed by atoms with Crippen molar-refractivity contribution >= 4 is 6.09 Å². The van der Waals surface area contributed by atoms with Crippen LogP contribution in [0, 0.1) is 23.2 Å². The van der Waals surface area contributed by atoms with Crippen LogP contribution in [0.2, 0.25) is 0 Å². The number of hydrogen-bond acceptors (Lipinski definition) is 4. The molecule has 1 amide bonds. The van der Waals surface area contributed by atoms with E-state index in [1.165, 1.54) is 4.90 Å². The van der Waals surface area contributed by atoms with Gasteiger partial charge in [-0.1, -0.05) is 12.1 Å². The summed E-state index contributed by atoms with van der Waals surface area (Å²) in [6.45, 7) is 3.62. The summed E-state index contributed by atoms with van der Waals surface area (Å²) in [4.78, 5) is 15.0. The van der Waals surface area contributed by atoms with Crippen molar-refractivity contribution < 1.29 is 15.0 Å². The monoisotopic (exact) mass is 343 g/mol. The number of aliphatic hydroxyl groups is 1. The van der Waals surface area contributed by atoms with Gasteiger partial charge in [-0.2, -0.15) is 5.26 Å². The standard InChI is InChI=1S/C19H25N3O3/c20-8-15-3-1-14(2-4-15)5-6-18(23)13-21-9-16-7-17(10-21)12-22(11-16)19(24)25/h1-4,16-18,23H,5-7,9-13H2,(H,24,25). The molecule has 6 heteroatoms. The number of aliphatic hydroxyl groups excluding tert-OH is 1. The molecule has 0 aliphatic carbocycles. The number of carboxylic acid groups (broad SMARTS) is 1. The summed E-state index contributed by atoms with van der Waals surface area (Å²) in [5.74, 6) is 0.767. The van der Waals surface area contributed by atoms with Gasteiger partial charge in [0.1, 0.15) is 0 Å². The van der Waals surface area contributed by atoms with Gasteiger partial charge in [0.15, 0.2) is 0 Å². The van der Waals surface area contributed by atoms with Crippen molar-refractivity contribution in [3.05, 3.63) is 35.4 Å². The number of likely N-dealkylation sites (tertiary alicyclic amines) is 2. The molecule has 1 aromatic rings. The highest BCUT2D eigenvalue weighted by molar-refractivity contribution is 5.65. The quantitative estimate of drug-likeness (QED) is 0.851. The summed E-state index contributed by atoms with van der Waals surface area (Å²) in [6.07, 6.45) is 1.39. The number of rotatable bonds is 5. The predicted molar refractivity (Wildman–Crippen MR) is 93.1 cm³/mol. The normalized spacial score (nSPS) is 24.6. The lowest BCUT2D eigenvalue weighted by Gasteiger charge is -2.45. The van der Waals surface area contributed by atoms with Gasteiger partial charge in [0.05, 0.1) is 17.7 Å². The third kappa shape index (κ3) is 4.71. The molecule has 2 N–H and O–H groups in total. The van der Waals surface area contributed by atoms with Gasteiger partial charge in [-0.25, -0.2) is 4.79 Å². The van der Waals surface area contributed by atoms with Gasteiger partial charge in [-0.15, -0.1) is 0 Å². The Bertz CT molecular complexity index is 626. The van der Waals surface area contributed by atoms with Gasteiger partial charge in [0.2, 0.25) is 0 Å². The second-order valence-corrected chi connectivity index (χ2v) is 7.38. The van der Waals surface area contributed by atoms with E-state index in [9.17, 15) is 15.0 Å². The van der Waals surface area contributed by atoms with Crippen LogP contribution in [0.1, 0.15) is 24.0 Å². The first-order valence-electron chi connectivity index (χ1n) is 8.91. The van der Waals surface area contributed by atoms with Crippen molar-refractivity contribution in [3.63, 3.8) is 0 Å². The van der Waals surface area contributed by atoms with E-state index in [2.05, 4.69) is 11.0 Å². The number of carbonyl (C=O) groups is 1. The number of β-amino-alcohol motifs (C(OH)–C–C–N with tert-alkyl or cyclic N) is 1. The maximum Gasteiger partial charge on any atom is 0.407 e. The third-order valence-corrected chi connectivity index (χ3v) is 5.25. The average molecular weight is 343 g/mol. The molecule has 3 atom stereocenters. The van der Waals surface area contributed by atoms with Gasteiger partial charge in [-0.3, -0.25) is 0 Å². The maximum atomic E-state index is 11.2. The molecule has 2 aliphatic rings. The Morgan fingerprint density at radius 1 is 1.20 bits per heavy atom. The van der Waals surface area contributed by atoms with Crippen LogP contribution in [-0.4, -0.2) is 64.9 Å². The molecular formula is C19H25N3O3. The fourth-order valence-electron chi connectivity index (χ4n) is 4.16. The molecule has 0 saturated carbocycles. The van der Waals surface area contributed by atoms with Gasteiger partial charge in [0.25, 0.3) is 0 Å². The van der Waals surface area contributed by atoms with E-state index in [4.69, 9.17) is 5.26 Å². The zero-order chi connectivity index (χ0) is 17.8. The Morgan fingerprint density at radius 3 is 2.40 bits per heavy atom. The average Bonchev–Trinajstić information content (AvgIpc) is 2.59. The molecule has 0 spiro atoms. The van der Waals surface area contributed by atoms with Gasteiger partial charge in [0, 0.05) is 32.7 Å². The van der Waals surface area contributed by atoms with Crippen molar-refractivity contribution in [2.24, 2.45) is 11.8 Å². The van der Waals surface area contributed by atoms with Crippen molar-refractivity contribution in [3.8, 4) is 6.07 Å². The fourth-order valence-corrected chi connectivity index (χ4v) is 4.16. The molecule has 0 radical (unpaired) electrons. The third-order valence-electron chi connectivity index (χ3n) is 5.25. The minimum Gasteiger partial charge on any atom is -0.465 e. The molecule has 3 rings (SSSR count). The number of nitriles is 1. The zero-order valence-electron chi connectivity index (χ0n) is 14.3. The maximum absolute atomic E-state index is 11.2. The van der Waals surface area contributed by atoms with Crippen LogP contribution in [0.15, 0.2) is 24.3 Å². The first-order chi connectivity index (χ1) is 12.0. The molecule has 25 heavy (non-hydrogen) atoms. The van der Waals surface area contributed by atoms with Crippen LogP contribution < -0.4 is 0 Å². The number of aryl methyl sites for hydroxylation is 1. The number of benzene rings is 1. The highest BCUT2D eigenvalue weighted by Gasteiger charge is 2.36. The van der Waals surface area contributed by atoms with Crippen LogP contribution in [0.3, 0.4) is 0 Å². The lowest BCUT2D eigenvalue weighted by Crippen LogP contribution is -2.54. The van der Waals surface area contributed by atoms with Crippen LogP contribution in [0.4, 0.5) is 4.79 Å². The molecular weight excluding hydrogens is 318 g/mol. The van der Waals surface area contributed by atoms with E-state index in [-0.39, 0.29) is 6.10 Å². The van der Waals surface area contributed by atoms with Crippen molar-refractivity contribution in [2.75, 3.05) is 32.7 Å². The van der Waals surface area contributed by atoms with Crippen LogP contribution in [0.5, 0.6) is 0 Å². The number of nitrogens with zero attached hydrogens (tertiary/aromatic N) is 3. The van der Waals surface area contributed by atoms with Gasteiger partial charge < -0.3 is 20.0 Å².